The maximum atomic E-state index is 2.45. The Balaban J connectivity index is 1.87. The van der Waals surface area contributed by atoms with Gasteiger partial charge < -0.3 is 0 Å². The summed E-state index contributed by atoms with van der Waals surface area (Å²) < 4.78 is 0. The molecule has 2 aliphatic carbocycles. The zero-order valence-electron chi connectivity index (χ0n) is 11.1. The van der Waals surface area contributed by atoms with E-state index in [1.807, 2.05) is 0 Å². The van der Waals surface area contributed by atoms with E-state index in [2.05, 4.69) is 44.2 Å². The molecule has 0 saturated heterocycles. The topological polar surface area (TPSA) is 0 Å². The van der Waals surface area contributed by atoms with Crippen LogP contribution in [0.1, 0.15) is 51.0 Å². The van der Waals surface area contributed by atoms with Gasteiger partial charge in [-0.1, -0.05) is 44.2 Å². The summed E-state index contributed by atoms with van der Waals surface area (Å²) in [7, 11) is 0. The van der Waals surface area contributed by atoms with Crippen molar-refractivity contribution in [3.05, 3.63) is 35.9 Å². The quantitative estimate of drug-likeness (QED) is 0.643. The zero-order chi connectivity index (χ0) is 11.8. The molecule has 0 amide bonds. The Labute approximate surface area is 105 Å². The van der Waals surface area contributed by atoms with Gasteiger partial charge in [0.15, 0.2) is 0 Å². The van der Waals surface area contributed by atoms with Gasteiger partial charge in [0.1, 0.15) is 0 Å². The second-order valence-corrected chi connectivity index (χ2v) is 6.59. The van der Waals surface area contributed by atoms with E-state index < -0.39 is 0 Å². The van der Waals surface area contributed by atoms with Crippen molar-refractivity contribution >= 4 is 0 Å². The Morgan fingerprint density at radius 2 is 1.47 bits per heavy atom. The molecule has 0 aromatic heterocycles. The summed E-state index contributed by atoms with van der Waals surface area (Å²) >= 11 is 0. The molecule has 17 heavy (non-hydrogen) atoms. The maximum absolute atomic E-state index is 2.45. The highest BCUT2D eigenvalue weighted by molar-refractivity contribution is 5.22. The summed E-state index contributed by atoms with van der Waals surface area (Å²) in [5.74, 6) is 4.71. The summed E-state index contributed by atoms with van der Waals surface area (Å²) in [5, 5.41) is 0. The van der Waals surface area contributed by atoms with Gasteiger partial charge in [-0.2, -0.15) is 0 Å². The Kier molecular flexibility index (Phi) is 2.98. The van der Waals surface area contributed by atoms with Crippen LogP contribution in [0, 0.1) is 23.7 Å². The van der Waals surface area contributed by atoms with Gasteiger partial charge in [0.25, 0.3) is 0 Å². The lowest BCUT2D eigenvalue weighted by Gasteiger charge is -2.37. The van der Waals surface area contributed by atoms with E-state index in [1.54, 1.807) is 5.56 Å². The molecule has 0 heteroatoms. The van der Waals surface area contributed by atoms with Crippen molar-refractivity contribution in [3.8, 4) is 0 Å². The van der Waals surface area contributed by atoms with Gasteiger partial charge >= 0.3 is 0 Å². The van der Waals surface area contributed by atoms with Gasteiger partial charge in [0, 0.05) is 0 Å². The van der Waals surface area contributed by atoms with Gasteiger partial charge in [-0.3, -0.25) is 0 Å². The summed E-state index contributed by atoms with van der Waals surface area (Å²) in [6, 6.07) is 11.3. The van der Waals surface area contributed by atoms with Crippen LogP contribution in [0.2, 0.25) is 0 Å². The number of hydrogen-bond donors (Lipinski definition) is 0. The van der Waals surface area contributed by atoms with Gasteiger partial charge in [0.05, 0.1) is 0 Å². The normalized spacial score (nSPS) is 41.2. The first-order chi connectivity index (χ1) is 8.24. The van der Waals surface area contributed by atoms with Crippen LogP contribution in [0.15, 0.2) is 30.3 Å². The Bertz CT molecular complexity index is 367. The molecule has 0 spiro atoms. The molecule has 0 bridgehead atoms. The van der Waals surface area contributed by atoms with Gasteiger partial charge in [0.2, 0.25) is 0 Å². The molecular formula is C17H24. The standard InChI is InChI=1S/C17H24/c1-12-8-15-9-13(2)11-17(15)16(10-12)14-6-4-3-5-7-14/h3-7,12-13,15-17H,8-11H2,1-2H3. The second kappa shape index (κ2) is 4.48. The molecule has 0 nitrogen and oxygen atoms in total. The maximum Gasteiger partial charge on any atom is -0.0128 e. The molecule has 3 rings (SSSR count). The summed E-state index contributed by atoms with van der Waals surface area (Å²) in [5.41, 5.74) is 1.60. The lowest BCUT2D eigenvalue weighted by Crippen LogP contribution is -2.26. The van der Waals surface area contributed by atoms with Crippen molar-refractivity contribution in [2.75, 3.05) is 0 Å². The molecule has 2 aliphatic rings. The molecule has 0 aliphatic heterocycles. The smallest absolute Gasteiger partial charge is 0.0128 e. The average Bonchev–Trinajstić information content (AvgIpc) is 2.69. The number of fused-ring (bicyclic) bond motifs is 1. The van der Waals surface area contributed by atoms with E-state index >= 15 is 0 Å². The minimum Gasteiger partial charge on any atom is -0.0625 e. The zero-order valence-corrected chi connectivity index (χ0v) is 11.1. The molecule has 0 heterocycles. The first kappa shape index (κ1) is 11.3. The van der Waals surface area contributed by atoms with Gasteiger partial charge in [-0.05, 0) is 60.8 Å². The van der Waals surface area contributed by atoms with Crippen LogP contribution in [0.5, 0.6) is 0 Å². The Hall–Kier alpha value is -0.780. The van der Waals surface area contributed by atoms with E-state index in [1.165, 1.54) is 25.7 Å². The first-order valence-electron chi connectivity index (χ1n) is 7.29. The van der Waals surface area contributed by atoms with E-state index in [0.717, 1.165) is 29.6 Å². The highest BCUT2D eigenvalue weighted by Gasteiger charge is 2.41. The molecule has 5 unspecified atom stereocenters. The lowest BCUT2D eigenvalue weighted by molar-refractivity contribution is 0.187. The van der Waals surface area contributed by atoms with Gasteiger partial charge in [-0.25, -0.2) is 0 Å². The van der Waals surface area contributed by atoms with E-state index in [4.69, 9.17) is 0 Å². The number of benzene rings is 1. The Morgan fingerprint density at radius 1 is 0.824 bits per heavy atom. The van der Waals surface area contributed by atoms with Crippen LogP contribution in [-0.4, -0.2) is 0 Å². The monoisotopic (exact) mass is 228 g/mol. The van der Waals surface area contributed by atoms with E-state index in [9.17, 15) is 0 Å². The highest BCUT2D eigenvalue weighted by Crippen LogP contribution is 2.52. The minimum atomic E-state index is 0.842. The predicted octanol–water partition coefficient (Wildman–Crippen LogP) is 4.86. The van der Waals surface area contributed by atoms with E-state index in [0.29, 0.717) is 0 Å². The summed E-state index contributed by atoms with van der Waals surface area (Å²) in [6.45, 7) is 4.90. The van der Waals surface area contributed by atoms with Crippen LogP contribution in [0.3, 0.4) is 0 Å². The molecule has 2 saturated carbocycles. The third kappa shape index (κ3) is 2.14. The van der Waals surface area contributed by atoms with E-state index in [-0.39, 0.29) is 0 Å². The van der Waals surface area contributed by atoms with Crippen molar-refractivity contribution < 1.29 is 0 Å². The molecule has 0 radical (unpaired) electrons. The first-order valence-corrected chi connectivity index (χ1v) is 7.29. The van der Waals surface area contributed by atoms with Crippen LogP contribution in [-0.2, 0) is 0 Å². The summed E-state index contributed by atoms with van der Waals surface area (Å²) in [4.78, 5) is 0. The van der Waals surface area contributed by atoms with Crippen LogP contribution in [0.25, 0.3) is 0 Å². The van der Waals surface area contributed by atoms with Crippen LogP contribution < -0.4 is 0 Å². The molecule has 5 atom stereocenters. The van der Waals surface area contributed by atoms with Crippen LogP contribution >= 0.6 is 0 Å². The lowest BCUT2D eigenvalue weighted by atomic mass is 9.67. The van der Waals surface area contributed by atoms with Crippen molar-refractivity contribution in [1.82, 2.24) is 0 Å². The fraction of sp³-hybridized carbons (Fsp3) is 0.647. The molecule has 2 fully saturated rings. The SMILES string of the molecule is CC1CC2CC(C)CC2C(c2ccccc2)C1. The van der Waals surface area contributed by atoms with Crippen molar-refractivity contribution in [1.29, 1.82) is 0 Å². The van der Waals surface area contributed by atoms with Crippen LogP contribution in [0.4, 0.5) is 0 Å². The third-order valence-corrected chi connectivity index (χ3v) is 5.09. The molecule has 1 aromatic carbocycles. The molecular weight excluding hydrogens is 204 g/mol. The molecule has 1 aromatic rings. The van der Waals surface area contributed by atoms with Crippen molar-refractivity contribution in [2.45, 2.75) is 45.4 Å². The van der Waals surface area contributed by atoms with Crippen molar-refractivity contribution in [2.24, 2.45) is 23.7 Å². The van der Waals surface area contributed by atoms with Crippen molar-refractivity contribution in [3.63, 3.8) is 0 Å². The third-order valence-electron chi connectivity index (χ3n) is 5.09. The largest absolute Gasteiger partial charge is 0.0625 e. The summed E-state index contributed by atoms with van der Waals surface area (Å²) in [6.07, 6.45) is 5.85. The number of rotatable bonds is 1. The highest BCUT2D eigenvalue weighted by atomic mass is 14.5. The fourth-order valence-electron chi connectivity index (χ4n) is 4.51. The fourth-order valence-corrected chi connectivity index (χ4v) is 4.51. The number of hydrogen-bond acceptors (Lipinski definition) is 0. The average molecular weight is 228 g/mol. The molecule has 92 valence electrons. The minimum absolute atomic E-state index is 0.842. The second-order valence-electron chi connectivity index (χ2n) is 6.59. The van der Waals surface area contributed by atoms with Gasteiger partial charge in [-0.15, -0.1) is 0 Å². The molecule has 0 N–H and O–H groups in total. The Morgan fingerprint density at radius 3 is 2.18 bits per heavy atom. The predicted molar refractivity (Wildman–Crippen MR) is 73.0 cm³/mol.